The zero-order valence-electron chi connectivity index (χ0n) is 12.1. The van der Waals surface area contributed by atoms with Crippen LogP contribution in [0.1, 0.15) is 5.76 Å². The van der Waals surface area contributed by atoms with E-state index >= 15 is 0 Å². The number of aromatic nitrogens is 2. The first-order valence-corrected chi connectivity index (χ1v) is 7.89. The van der Waals surface area contributed by atoms with Crippen molar-refractivity contribution in [3.8, 4) is 0 Å². The summed E-state index contributed by atoms with van der Waals surface area (Å²) in [5.74, 6) is 0.764. The van der Waals surface area contributed by atoms with Crippen molar-refractivity contribution < 1.29 is 9.21 Å². The predicted molar refractivity (Wildman–Crippen MR) is 91.2 cm³/mol. The van der Waals surface area contributed by atoms with Crippen molar-refractivity contribution in [2.45, 2.75) is 5.16 Å². The van der Waals surface area contributed by atoms with Gasteiger partial charge in [-0.2, -0.15) is 5.10 Å². The molecule has 0 spiro atoms. The molecule has 0 saturated carbocycles. The summed E-state index contributed by atoms with van der Waals surface area (Å²) in [5, 5.41) is 4.54. The molecule has 3 rings (SSSR count). The average molecular weight is 326 g/mol. The number of carbonyl (C=O) groups excluding carboxylic acids is 1. The lowest BCUT2D eigenvalue weighted by Crippen LogP contribution is -2.19. The number of carbonyl (C=O) groups is 1. The van der Waals surface area contributed by atoms with Crippen molar-refractivity contribution in [2.75, 3.05) is 5.75 Å². The maximum atomic E-state index is 11.7. The Labute approximate surface area is 136 Å². The molecule has 23 heavy (non-hydrogen) atoms. The molecule has 2 N–H and O–H groups in total. The fraction of sp³-hybridized carbons (Fsp3) is 0.0625. The zero-order valence-corrected chi connectivity index (χ0v) is 12.9. The van der Waals surface area contributed by atoms with Gasteiger partial charge in [0.05, 0.1) is 23.0 Å². The summed E-state index contributed by atoms with van der Waals surface area (Å²) < 4.78 is 5.12. The van der Waals surface area contributed by atoms with Crippen LogP contribution in [-0.4, -0.2) is 27.8 Å². The number of aromatic amines is 1. The van der Waals surface area contributed by atoms with Crippen LogP contribution < -0.4 is 5.43 Å². The van der Waals surface area contributed by atoms with Gasteiger partial charge in [-0.15, -0.1) is 0 Å². The van der Waals surface area contributed by atoms with E-state index in [-0.39, 0.29) is 11.7 Å². The third-order valence-electron chi connectivity index (χ3n) is 2.86. The molecular weight excluding hydrogens is 312 g/mol. The Morgan fingerprint density at radius 2 is 2.26 bits per heavy atom. The molecule has 6 nitrogen and oxygen atoms in total. The Morgan fingerprint density at radius 3 is 3.09 bits per heavy atom. The van der Waals surface area contributed by atoms with Gasteiger partial charge >= 0.3 is 0 Å². The third-order valence-corrected chi connectivity index (χ3v) is 3.73. The van der Waals surface area contributed by atoms with Gasteiger partial charge in [0.2, 0.25) is 0 Å². The van der Waals surface area contributed by atoms with Gasteiger partial charge in [-0.25, -0.2) is 10.4 Å². The van der Waals surface area contributed by atoms with Crippen molar-refractivity contribution in [3.05, 3.63) is 54.5 Å². The van der Waals surface area contributed by atoms with Crippen LogP contribution in [0.25, 0.3) is 17.1 Å². The lowest BCUT2D eigenvalue weighted by Gasteiger charge is -1.96. The number of fused-ring (bicyclic) bond motifs is 1. The summed E-state index contributed by atoms with van der Waals surface area (Å²) in [6.07, 6.45) is 6.52. The molecule has 2 heterocycles. The number of hydrazone groups is 1. The number of furan rings is 1. The largest absolute Gasteiger partial charge is 0.465 e. The van der Waals surface area contributed by atoms with Crippen LogP contribution in [0.3, 0.4) is 0 Å². The Kier molecular flexibility index (Phi) is 4.90. The molecule has 1 aromatic carbocycles. The molecular formula is C16H14N4O2S. The van der Waals surface area contributed by atoms with E-state index in [0.29, 0.717) is 5.16 Å². The highest BCUT2D eigenvalue weighted by Crippen LogP contribution is 2.18. The first-order chi connectivity index (χ1) is 11.3. The highest BCUT2D eigenvalue weighted by molar-refractivity contribution is 7.99. The molecule has 0 saturated heterocycles. The van der Waals surface area contributed by atoms with Crippen LogP contribution in [0.5, 0.6) is 0 Å². The van der Waals surface area contributed by atoms with Gasteiger partial charge < -0.3 is 9.40 Å². The number of hydrogen-bond acceptors (Lipinski definition) is 5. The molecule has 0 atom stereocenters. The number of hydrogen-bond donors (Lipinski definition) is 2. The van der Waals surface area contributed by atoms with E-state index in [2.05, 4.69) is 20.5 Å². The summed E-state index contributed by atoms with van der Waals surface area (Å²) in [5.41, 5.74) is 4.29. The molecule has 0 aliphatic heterocycles. The zero-order chi connectivity index (χ0) is 15.9. The molecule has 1 amide bonds. The molecule has 2 aromatic heterocycles. The Bertz CT molecular complexity index is 804. The number of nitrogens with one attached hydrogen (secondary N) is 2. The normalized spacial score (nSPS) is 11.7. The fourth-order valence-electron chi connectivity index (χ4n) is 1.84. The quantitative estimate of drug-likeness (QED) is 0.414. The number of amides is 1. The van der Waals surface area contributed by atoms with E-state index in [1.54, 1.807) is 24.5 Å². The predicted octanol–water partition coefficient (Wildman–Crippen LogP) is 3.06. The number of thioether (sulfide) groups is 1. The topological polar surface area (TPSA) is 83.3 Å². The maximum Gasteiger partial charge on any atom is 0.250 e. The van der Waals surface area contributed by atoms with Crippen molar-refractivity contribution in [1.82, 2.24) is 15.4 Å². The van der Waals surface area contributed by atoms with Gasteiger partial charge in [-0.3, -0.25) is 4.79 Å². The van der Waals surface area contributed by atoms with Crippen molar-refractivity contribution in [3.63, 3.8) is 0 Å². The van der Waals surface area contributed by atoms with E-state index in [0.717, 1.165) is 16.8 Å². The third kappa shape index (κ3) is 4.33. The maximum absolute atomic E-state index is 11.7. The highest BCUT2D eigenvalue weighted by Gasteiger charge is 2.05. The van der Waals surface area contributed by atoms with Gasteiger partial charge in [0, 0.05) is 6.21 Å². The van der Waals surface area contributed by atoms with Crippen molar-refractivity contribution in [1.29, 1.82) is 0 Å². The van der Waals surface area contributed by atoms with Crippen LogP contribution in [-0.2, 0) is 4.79 Å². The SMILES string of the molecule is O=C(CSc1nc2ccccc2[nH]1)N/N=C/C=C/c1ccco1. The van der Waals surface area contributed by atoms with Crippen LogP contribution >= 0.6 is 11.8 Å². The highest BCUT2D eigenvalue weighted by atomic mass is 32.2. The van der Waals surface area contributed by atoms with Gasteiger partial charge in [-0.1, -0.05) is 23.9 Å². The lowest BCUT2D eigenvalue weighted by molar-refractivity contribution is -0.118. The summed E-state index contributed by atoms with van der Waals surface area (Å²) in [4.78, 5) is 19.2. The van der Waals surface area contributed by atoms with Crippen molar-refractivity contribution in [2.24, 2.45) is 5.10 Å². The molecule has 0 unspecified atom stereocenters. The molecule has 0 bridgehead atoms. The number of H-pyrrole nitrogens is 1. The number of imidazole rings is 1. The van der Waals surface area contributed by atoms with E-state index in [4.69, 9.17) is 4.42 Å². The van der Waals surface area contributed by atoms with E-state index in [1.165, 1.54) is 18.0 Å². The first-order valence-electron chi connectivity index (χ1n) is 6.91. The van der Waals surface area contributed by atoms with Crippen LogP contribution in [0, 0.1) is 0 Å². The average Bonchev–Trinajstić information content (AvgIpc) is 3.21. The number of nitrogens with zero attached hydrogens (tertiary/aromatic N) is 2. The van der Waals surface area contributed by atoms with Gasteiger partial charge in [0.1, 0.15) is 5.76 Å². The minimum Gasteiger partial charge on any atom is -0.465 e. The molecule has 3 aromatic rings. The molecule has 0 radical (unpaired) electrons. The monoisotopic (exact) mass is 326 g/mol. The summed E-state index contributed by atoms with van der Waals surface area (Å²) >= 11 is 1.33. The molecule has 0 aliphatic rings. The number of allylic oxidation sites excluding steroid dienone is 1. The van der Waals surface area contributed by atoms with Gasteiger partial charge in [0.15, 0.2) is 5.16 Å². The second kappa shape index (κ2) is 7.46. The molecule has 0 fully saturated rings. The molecule has 0 aliphatic carbocycles. The molecule has 116 valence electrons. The van der Waals surface area contributed by atoms with Crippen LogP contribution in [0.15, 0.2) is 63.4 Å². The summed E-state index contributed by atoms with van der Waals surface area (Å²) in [7, 11) is 0. The van der Waals surface area contributed by atoms with Gasteiger partial charge in [-0.05, 0) is 36.4 Å². The van der Waals surface area contributed by atoms with E-state index < -0.39 is 0 Å². The van der Waals surface area contributed by atoms with E-state index in [9.17, 15) is 4.79 Å². The standard InChI is InChI=1S/C16H14N4O2S/c21-15(20-17-9-3-5-12-6-4-10-22-12)11-23-16-18-13-7-1-2-8-14(13)19-16/h1-10H,11H2,(H,18,19)(H,20,21)/b5-3+,17-9+. The minimum atomic E-state index is -0.196. The molecule has 7 heteroatoms. The van der Waals surface area contributed by atoms with E-state index in [1.807, 2.05) is 30.3 Å². The van der Waals surface area contributed by atoms with Crippen molar-refractivity contribution >= 4 is 41.0 Å². The fourth-order valence-corrected chi connectivity index (χ4v) is 2.52. The van der Waals surface area contributed by atoms with Gasteiger partial charge in [0.25, 0.3) is 5.91 Å². The Balaban J connectivity index is 1.44. The summed E-state index contributed by atoms with van der Waals surface area (Å²) in [6.45, 7) is 0. The number of para-hydroxylation sites is 2. The smallest absolute Gasteiger partial charge is 0.250 e. The summed E-state index contributed by atoms with van der Waals surface area (Å²) in [6, 6.07) is 11.4. The second-order valence-electron chi connectivity index (χ2n) is 4.54. The first kappa shape index (κ1) is 15.1. The van der Waals surface area contributed by atoms with Crippen LogP contribution in [0.2, 0.25) is 0 Å². The number of benzene rings is 1. The Hall–Kier alpha value is -2.80. The number of rotatable bonds is 6. The minimum absolute atomic E-state index is 0.196. The lowest BCUT2D eigenvalue weighted by atomic mass is 10.3. The second-order valence-corrected chi connectivity index (χ2v) is 5.50. The van der Waals surface area contributed by atoms with Crippen LogP contribution in [0.4, 0.5) is 0 Å². The Morgan fingerprint density at radius 1 is 1.35 bits per heavy atom.